The van der Waals surface area contributed by atoms with Gasteiger partial charge in [-0.3, -0.25) is 4.79 Å². The van der Waals surface area contributed by atoms with E-state index in [4.69, 9.17) is 25.1 Å². The monoisotopic (exact) mass is 386 g/mol. The van der Waals surface area contributed by atoms with Gasteiger partial charge in [-0.05, 0) is 25.8 Å². The number of aliphatic hydroxyl groups is 1. The minimum absolute atomic E-state index is 0.0297. The lowest BCUT2D eigenvalue weighted by atomic mass is 9.88. The highest BCUT2D eigenvalue weighted by molar-refractivity contribution is 5.89. The van der Waals surface area contributed by atoms with Crippen molar-refractivity contribution in [2.75, 3.05) is 26.4 Å². The van der Waals surface area contributed by atoms with E-state index in [0.717, 1.165) is 12.8 Å². The van der Waals surface area contributed by atoms with Crippen molar-refractivity contribution in [3.63, 3.8) is 0 Å². The van der Waals surface area contributed by atoms with Crippen LogP contribution in [-0.2, 0) is 23.8 Å². The van der Waals surface area contributed by atoms with Gasteiger partial charge < -0.3 is 30.4 Å². The molecule has 0 aromatic heterocycles. The number of carbonyl (C=O) groups is 2. The summed E-state index contributed by atoms with van der Waals surface area (Å²) >= 11 is 0. The molecule has 0 bridgehead atoms. The highest BCUT2D eigenvalue weighted by atomic mass is 16.5. The molecule has 1 aliphatic carbocycles. The van der Waals surface area contributed by atoms with Crippen LogP contribution in [0.15, 0.2) is 11.6 Å². The quantitative estimate of drug-likeness (QED) is 0.333. The summed E-state index contributed by atoms with van der Waals surface area (Å²) in [5, 5.41) is 11.6. The maximum Gasteiger partial charge on any atom is 0.333 e. The van der Waals surface area contributed by atoms with Gasteiger partial charge in [-0.1, -0.05) is 13.8 Å². The molecule has 1 rings (SSSR count). The van der Waals surface area contributed by atoms with Gasteiger partial charge in [0.25, 0.3) is 0 Å². The third-order valence-corrected chi connectivity index (χ3v) is 4.50. The van der Waals surface area contributed by atoms with Crippen LogP contribution in [0.25, 0.3) is 0 Å². The first-order valence-corrected chi connectivity index (χ1v) is 9.73. The molecule has 0 unspecified atom stereocenters. The van der Waals surface area contributed by atoms with Crippen molar-refractivity contribution in [3.05, 3.63) is 11.6 Å². The van der Waals surface area contributed by atoms with Gasteiger partial charge in [-0.15, -0.1) is 0 Å². The largest absolute Gasteiger partial charge is 0.463 e. The fraction of sp³-hybridized carbons (Fsp3) is 0.789. The van der Waals surface area contributed by atoms with Crippen LogP contribution in [0.1, 0.15) is 46.5 Å². The number of carbonyl (C=O) groups excluding carboxylic acids is 2. The fourth-order valence-corrected chi connectivity index (χ4v) is 2.95. The Hall–Kier alpha value is -1.48. The lowest BCUT2D eigenvalue weighted by Gasteiger charge is -2.36. The number of aliphatic hydroxyl groups excluding tert-OH is 1. The van der Waals surface area contributed by atoms with E-state index in [1.165, 1.54) is 0 Å². The molecule has 0 fully saturated rings. The normalized spacial score (nSPS) is 22.4. The number of nitrogens with two attached hydrogens (primary N) is 1. The minimum Gasteiger partial charge on any atom is -0.463 e. The Morgan fingerprint density at radius 2 is 2.00 bits per heavy atom. The van der Waals surface area contributed by atoms with Crippen LogP contribution in [0.5, 0.6) is 0 Å². The highest BCUT2D eigenvalue weighted by Crippen LogP contribution is 2.24. The molecule has 0 aromatic carbocycles. The van der Waals surface area contributed by atoms with Crippen molar-refractivity contribution in [3.8, 4) is 0 Å². The van der Waals surface area contributed by atoms with E-state index >= 15 is 0 Å². The zero-order valence-corrected chi connectivity index (χ0v) is 16.6. The third-order valence-electron chi connectivity index (χ3n) is 4.50. The molecule has 27 heavy (non-hydrogen) atoms. The summed E-state index contributed by atoms with van der Waals surface area (Å²) in [5.74, 6) is -0.632. The topological polar surface area (TPSA) is 120 Å². The van der Waals surface area contributed by atoms with Gasteiger partial charge in [0.05, 0.1) is 50.7 Å². The van der Waals surface area contributed by atoms with Crippen molar-refractivity contribution in [2.24, 2.45) is 5.73 Å². The van der Waals surface area contributed by atoms with E-state index < -0.39 is 24.2 Å². The van der Waals surface area contributed by atoms with Gasteiger partial charge in [0.1, 0.15) is 0 Å². The van der Waals surface area contributed by atoms with Gasteiger partial charge >= 0.3 is 5.97 Å². The van der Waals surface area contributed by atoms with E-state index in [-0.39, 0.29) is 44.9 Å². The Morgan fingerprint density at radius 3 is 2.59 bits per heavy atom. The summed E-state index contributed by atoms with van der Waals surface area (Å²) in [6.07, 6.45) is 3.41. The molecule has 156 valence electrons. The van der Waals surface area contributed by atoms with Crippen molar-refractivity contribution in [1.82, 2.24) is 5.32 Å². The first-order valence-electron chi connectivity index (χ1n) is 9.73. The van der Waals surface area contributed by atoms with Crippen LogP contribution in [0.2, 0.25) is 0 Å². The second kappa shape index (κ2) is 12.8. The molecule has 0 spiro atoms. The van der Waals surface area contributed by atoms with Crippen molar-refractivity contribution in [2.45, 2.75) is 70.7 Å². The number of ether oxygens (including phenoxy) is 3. The van der Waals surface area contributed by atoms with Crippen LogP contribution in [0, 0.1) is 0 Å². The molecule has 1 amide bonds. The maximum absolute atomic E-state index is 12.2. The average molecular weight is 386 g/mol. The Kier molecular flexibility index (Phi) is 11.2. The molecule has 8 nitrogen and oxygen atoms in total. The Morgan fingerprint density at radius 1 is 1.30 bits per heavy atom. The van der Waals surface area contributed by atoms with Gasteiger partial charge in [0, 0.05) is 18.4 Å². The van der Waals surface area contributed by atoms with Gasteiger partial charge in [-0.25, -0.2) is 4.79 Å². The second-order valence-corrected chi connectivity index (χ2v) is 6.49. The third kappa shape index (κ3) is 7.96. The van der Waals surface area contributed by atoms with Crippen LogP contribution in [0.3, 0.4) is 0 Å². The zero-order valence-electron chi connectivity index (χ0n) is 16.6. The predicted molar refractivity (Wildman–Crippen MR) is 101 cm³/mol. The smallest absolute Gasteiger partial charge is 0.333 e. The van der Waals surface area contributed by atoms with Crippen LogP contribution < -0.4 is 11.1 Å². The van der Waals surface area contributed by atoms with Crippen LogP contribution >= 0.6 is 0 Å². The summed E-state index contributed by atoms with van der Waals surface area (Å²) in [6.45, 7) is 6.41. The average Bonchev–Trinajstić information content (AvgIpc) is 2.66. The fourth-order valence-electron chi connectivity index (χ4n) is 2.95. The number of amides is 1. The van der Waals surface area contributed by atoms with E-state index in [0.29, 0.717) is 12.0 Å². The number of nitrogens with one attached hydrogen (secondary N) is 1. The van der Waals surface area contributed by atoms with E-state index in [1.54, 1.807) is 13.0 Å². The molecular formula is C19H34N2O6. The van der Waals surface area contributed by atoms with E-state index in [1.807, 2.05) is 13.8 Å². The van der Waals surface area contributed by atoms with Crippen molar-refractivity contribution in [1.29, 1.82) is 0 Å². The van der Waals surface area contributed by atoms with Crippen molar-refractivity contribution >= 4 is 11.9 Å². The molecule has 0 aromatic rings. The maximum atomic E-state index is 12.2. The number of rotatable bonds is 12. The Labute approximate surface area is 161 Å². The first kappa shape index (κ1) is 23.6. The summed E-state index contributed by atoms with van der Waals surface area (Å²) < 4.78 is 16.3. The molecule has 0 aliphatic heterocycles. The molecular weight excluding hydrogens is 352 g/mol. The van der Waals surface area contributed by atoms with E-state index in [2.05, 4.69) is 5.32 Å². The number of hydrogen-bond acceptors (Lipinski definition) is 7. The summed E-state index contributed by atoms with van der Waals surface area (Å²) in [5.41, 5.74) is 6.81. The highest BCUT2D eigenvalue weighted by Gasteiger charge is 2.35. The molecule has 0 heterocycles. The molecule has 3 atom stereocenters. The molecule has 0 saturated carbocycles. The van der Waals surface area contributed by atoms with Crippen molar-refractivity contribution < 1.29 is 28.9 Å². The Bertz CT molecular complexity index is 493. The SMILES string of the molecule is CCOC(=O)C1=C[C@@H](OC(CC)CC)[C@H](N)[C@@H](NC(=O)CCOCCO)C1. The van der Waals surface area contributed by atoms with Gasteiger partial charge in [0.15, 0.2) is 0 Å². The van der Waals surface area contributed by atoms with Gasteiger partial charge in [0.2, 0.25) is 5.91 Å². The first-order chi connectivity index (χ1) is 13.0. The molecule has 0 saturated heterocycles. The minimum atomic E-state index is -0.473. The standard InChI is InChI=1S/C19H34N2O6/c1-4-14(5-2)27-16-12-13(19(24)26-6-3)11-15(18(16)20)21-17(23)7-9-25-10-8-22/h12,14-16,18,22H,4-11,20H2,1-3H3,(H,21,23)/t15-,16+,18+/m0/s1. The van der Waals surface area contributed by atoms with Crippen LogP contribution in [-0.4, -0.2) is 67.7 Å². The van der Waals surface area contributed by atoms with Crippen LogP contribution in [0.4, 0.5) is 0 Å². The summed E-state index contributed by atoms with van der Waals surface area (Å²) in [6, 6.07) is -0.898. The molecule has 1 aliphatic rings. The number of esters is 1. The lowest BCUT2D eigenvalue weighted by Crippen LogP contribution is -2.56. The predicted octanol–water partition coefficient (Wildman–Crippen LogP) is 0.665. The van der Waals surface area contributed by atoms with E-state index in [9.17, 15) is 9.59 Å². The number of hydrogen-bond donors (Lipinski definition) is 3. The molecule has 4 N–H and O–H groups in total. The molecule has 0 radical (unpaired) electrons. The van der Waals surface area contributed by atoms with Gasteiger partial charge in [-0.2, -0.15) is 0 Å². The Balaban J connectivity index is 2.80. The zero-order chi connectivity index (χ0) is 20.2. The summed E-state index contributed by atoms with van der Waals surface area (Å²) in [4.78, 5) is 24.4. The molecule has 8 heteroatoms. The lowest BCUT2D eigenvalue weighted by molar-refractivity contribution is -0.139. The summed E-state index contributed by atoms with van der Waals surface area (Å²) in [7, 11) is 0. The second-order valence-electron chi connectivity index (χ2n) is 6.49.